The van der Waals surface area contributed by atoms with Crippen LogP contribution in [0, 0.1) is 0 Å². The Hall–Kier alpha value is -1.04. The molecule has 1 rings (SSSR count). The zero-order valence-corrected chi connectivity index (χ0v) is 7.02. The second kappa shape index (κ2) is 3.37. The molecule has 6 heteroatoms. The smallest absolute Gasteiger partial charge is 0.328 e. The average Bonchev–Trinajstić information content (AvgIpc) is 2.31. The molecule has 0 amide bonds. The van der Waals surface area contributed by atoms with Crippen molar-refractivity contribution in [3.8, 4) is 0 Å². The Bertz CT molecular complexity index is 277. The lowest BCUT2D eigenvalue weighted by atomic mass is 10.1. The van der Waals surface area contributed by atoms with Gasteiger partial charge >= 0.3 is 6.18 Å². The predicted molar refractivity (Wildman–Crippen MR) is 40.9 cm³/mol. The van der Waals surface area contributed by atoms with Crippen LogP contribution < -0.4 is 5.73 Å². The Morgan fingerprint density at radius 3 is 2.69 bits per heavy atom. The molecule has 0 unspecified atom stereocenters. The first-order chi connectivity index (χ1) is 5.91. The minimum atomic E-state index is -4.37. The second-order valence-corrected chi connectivity index (χ2v) is 2.95. The number of aromatic amines is 1. The summed E-state index contributed by atoms with van der Waals surface area (Å²) >= 11 is 0. The summed E-state index contributed by atoms with van der Waals surface area (Å²) in [7, 11) is 0. The lowest BCUT2D eigenvalue weighted by molar-refractivity contribution is -0.141. The first-order valence-electron chi connectivity index (χ1n) is 3.76. The van der Waals surface area contributed by atoms with Crippen molar-refractivity contribution >= 4 is 0 Å². The fourth-order valence-electron chi connectivity index (χ4n) is 1.06. The van der Waals surface area contributed by atoms with Gasteiger partial charge in [0, 0.05) is 11.6 Å². The van der Waals surface area contributed by atoms with Gasteiger partial charge in [-0.05, 0) is 13.3 Å². The van der Waals surface area contributed by atoms with Gasteiger partial charge in [0.2, 0.25) is 0 Å². The molecule has 74 valence electrons. The molecule has 0 aliphatic heterocycles. The SMILES string of the molecule is C[C@H](N)Cc1cn[nH]c1C(F)(F)F. The minimum Gasteiger partial charge on any atom is -0.328 e. The summed E-state index contributed by atoms with van der Waals surface area (Å²) in [6, 6.07) is -0.307. The van der Waals surface area contributed by atoms with Crippen LogP contribution in [-0.4, -0.2) is 16.2 Å². The van der Waals surface area contributed by atoms with E-state index in [1.54, 1.807) is 6.92 Å². The van der Waals surface area contributed by atoms with Gasteiger partial charge in [-0.15, -0.1) is 0 Å². The lowest BCUT2D eigenvalue weighted by Crippen LogP contribution is -2.20. The molecule has 13 heavy (non-hydrogen) atoms. The van der Waals surface area contributed by atoms with Crippen LogP contribution >= 0.6 is 0 Å². The molecule has 3 nitrogen and oxygen atoms in total. The molecule has 1 atom stereocenters. The van der Waals surface area contributed by atoms with E-state index in [4.69, 9.17) is 5.73 Å². The molecule has 0 aliphatic carbocycles. The van der Waals surface area contributed by atoms with Crippen molar-refractivity contribution in [2.75, 3.05) is 0 Å². The summed E-state index contributed by atoms with van der Waals surface area (Å²) in [5.41, 5.74) is 4.70. The predicted octanol–water partition coefficient (Wildman–Crippen LogP) is 1.32. The van der Waals surface area contributed by atoms with Crippen LogP contribution in [0.1, 0.15) is 18.2 Å². The largest absolute Gasteiger partial charge is 0.433 e. The maximum atomic E-state index is 12.2. The molecular weight excluding hydrogens is 183 g/mol. The number of H-pyrrole nitrogens is 1. The van der Waals surface area contributed by atoms with Crippen LogP contribution in [0.25, 0.3) is 0 Å². The third kappa shape index (κ3) is 2.45. The van der Waals surface area contributed by atoms with Crippen LogP contribution in [-0.2, 0) is 12.6 Å². The first kappa shape index (κ1) is 10.0. The highest BCUT2D eigenvalue weighted by atomic mass is 19.4. The summed E-state index contributed by atoms with van der Waals surface area (Å²) in [6.07, 6.45) is -3.04. The van der Waals surface area contributed by atoms with Gasteiger partial charge in [-0.3, -0.25) is 5.10 Å². The number of halogens is 3. The Balaban J connectivity index is 2.90. The van der Waals surface area contributed by atoms with Crippen molar-refractivity contribution < 1.29 is 13.2 Å². The molecule has 0 bridgehead atoms. The van der Waals surface area contributed by atoms with Gasteiger partial charge in [-0.1, -0.05) is 0 Å². The third-order valence-corrected chi connectivity index (χ3v) is 1.54. The van der Waals surface area contributed by atoms with E-state index >= 15 is 0 Å². The highest BCUT2D eigenvalue weighted by molar-refractivity contribution is 5.20. The molecule has 0 radical (unpaired) electrons. The normalized spacial score (nSPS) is 14.5. The Morgan fingerprint density at radius 2 is 2.23 bits per heavy atom. The number of nitrogens with two attached hydrogens (primary N) is 1. The van der Waals surface area contributed by atoms with Gasteiger partial charge in [0.1, 0.15) is 5.69 Å². The van der Waals surface area contributed by atoms with Crippen molar-refractivity contribution in [2.45, 2.75) is 25.6 Å². The van der Waals surface area contributed by atoms with E-state index in [-0.39, 0.29) is 18.0 Å². The Labute approximate surface area is 73.1 Å². The van der Waals surface area contributed by atoms with E-state index < -0.39 is 11.9 Å². The van der Waals surface area contributed by atoms with Crippen molar-refractivity contribution in [3.05, 3.63) is 17.5 Å². The average molecular weight is 193 g/mol. The van der Waals surface area contributed by atoms with E-state index in [0.717, 1.165) is 6.20 Å². The lowest BCUT2D eigenvalue weighted by Gasteiger charge is -2.08. The van der Waals surface area contributed by atoms with Crippen LogP contribution in [0.2, 0.25) is 0 Å². The van der Waals surface area contributed by atoms with Gasteiger partial charge < -0.3 is 5.73 Å². The minimum absolute atomic E-state index is 0.113. The molecule has 1 heterocycles. The van der Waals surface area contributed by atoms with Gasteiger partial charge in [-0.2, -0.15) is 18.3 Å². The van der Waals surface area contributed by atoms with E-state index in [1.165, 1.54) is 0 Å². The molecule has 0 saturated carbocycles. The van der Waals surface area contributed by atoms with Crippen molar-refractivity contribution in [3.63, 3.8) is 0 Å². The second-order valence-electron chi connectivity index (χ2n) is 2.95. The highest BCUT2D eigenvalue weighted by Crippen LogP contribution is 2.30. The quantitative estimate of drug-likeness (QED) is 0.744. The fraction of sp³-hybridized carbons (Fsp3) is 0.571. The van der Waals surface area contributed by atoms with Crippen molar-refractivity contribution in [2.24, 2.45) is 5.73 Å². The third-order valence-electron chi connectivity index (χ3n) is 1.54. The Kier molecular flexibility index (Phi) is 2.60. The number of alkyl halides is 3. The van der Waals surface area contributed by atoms with Gasteiger partial charge in [-0.25, -0.2) is 0 Å². The van der Waals surface area contributed by atoms with E-state index in [9.17, 15) is 13.2 Å². The summed E-state index contributed by atoms with van der Waals surface area (Å²) in [5, 5.41) is 5.26. The summed E-state index contributed by atoms with van der Waals surface area (Å²) in [5.74, 6) is 0. The van der Waals surface area contributed by atoms with E-state index in [0.29, 0.717) is 0 Å². The number of nitrogens with zero attached hydrogens (tertiary/aromatic N) is 1. The zero-order valence-electron chi connectivity index (χ0n) is 7.02. The molecular formula is C7H10F3N3. The first-order valence-corrected chi connectivity index (χ1v) is 3.76. The fourth-order valence-corrected chi connectivity index (χ4v) is 1.06. The molecule has 0 spiro atoms. The van der Waals surface area contributed by atoms with Crippen LogP contribution in [0.3, 0.4) is 0 Å². The topological polar surface area (TPSA) is 54.7 Å². The molecule has 1 aromatic heterocycles. The van der Waals surface area contributed by atoms with Crippen LogP contribution in [0.5, 0.6) is 0 Å². The van der Waals surface area contributed by atoms with Crippen molar-refractivity contribution in [1.82, 2.24) is 10.2 Å². The molecule has 0 fully saturated rings. The van der Waals surface area contributed by atoms with Crippen LogP contribution in [0.4, 0.5) is 13.2 Å². The van der Waals surface area contributed by atoms with Crippen molar-refractivity contribution in [1.29, 1.82) is 0 Å². The zero-order chi connectivity index (χ0) is 10.1. The highest BCUT2D eigenvalue weighted by Gasteiger charge is 2.35. The van der Waals surface area contributed by atoms with E-state index in [1.807, 2.05) is 5.10 Å². The number of nitrogens with one attached hydrogen (secondary N) is 1. The molecule has 3 N–H and O–H groups in total. The maximum Gasteiger partial charge on any atom is 0.433 e. The summed E-state index contributed by atoms with van der Waals surface area (Å²) in [6.45, 7) is 1.65. The number of aromatic nitrogens is 2. The number of hydrogen-bond donors (Lipinski definition) is 2. The van der Waals surface area contributed by atoms with Gasteiger partial charge in [0.05, 0.1) is 6.20 Å². The number of hydrogen-bond acceptors (Lipinski definition) is 2. The van der Waals surface area contributed by atoms with Gasteiger partial charge in [0.25, 0.3) is 0 Å². The summed E-state index contributed by atoms with van der Waals surface area (Å²) < 4.78 is 36.7. The van der Waals surface area contributed by atoms with E-state index in [2.05, 4.69) is 5.10 Å². The Morgan fingerprint density at radius 1 is 1.62 bits per heavy atom. The van der Waals surface area contributed by atoms with Gasteiger partial charge in [0.15, 0.2) is 0 Å². The maximum absolute atomic E-state index is 12.2. The standard InChI is InChI=1S/C7H10F3N3/c1-4(11)2-5-3-12-13-6(5)7(8,9)10/h3-4H,2,11H2,1H3,(H,12,13)/t4-/m0/s1. The molecule has 0 aliphatic rings. The summed E-state index contributed by atoms with van der Waals surface area (Å²) in [4.78, 5) is 0. The molecule has 0 saturated heterocycles. The molecule has 1 aromatic rings. The monoisotopic (exact) mass is 193 g/mol. The number of rotatable bonds is 2. The van der Waals surface area contributed by atoms with Crippen LogP contribution in [0.15, 0.2) is 6.20 Å². The molecule has 0 aromatic carbocycles.